The average Bonchev–Trinajstić information content (AvgIpc) is 2.33. The third-order valence-corrected chi connectivity index (χ3v) is 4.37. The molecule has 0 saturated carbocycles. The number of carbonyl (C=O) groups is 1. The fourth-order valence-electron chi connectivity index (χ4n) is 1.73. The first-order valence-corrected chi connectivity index (χ1v) is 8.58. The van der Waals surface area contributed by atoms with Gasteiger partial charge in [0.1, 0.15) is 11.5 Å². The molecule has 0 aliphatic heterocycles. The van der Waals surface area contributed by atoms with Gasteiger partial charge in [-0.3, -0.25) is 9.35 Å². The number of amides is 1. The zero-order valence-corrected chi connectivity index (χ0v) is 14.6. The molecule has 1 aromatic rings. The molecule has 1 rings (SSSR count). The number of phenols is 1. The second-order valence-corrected chi connectivity index (χ2v) is 7.44. The minimum Gasteiger partial charge on any atom is -0.507 e. The zero-order valence-electron chi connectivity index (χ0n) is 11.6. The number of aromatic hydroxyl groups is 1. The van der Waals surface area contributed by atoms with E-state index in [0.29, 0.717) is 8.89 Å². The standard InChI is InChI=1S/C11H8F6INO5S/c12-10(13,14)9(11(15,16)17,4-25(22,23)24)19-8(21)6-2-1-5(18)3-7(6)20/h1-3,20H,4H2,(H,19,21)(H,22,23,24). The van der Waals surface area contributed by atoms with Crippen molar-refractivity contribution in [3.63, 3.8) is 0 Å². The molecule has 0 aliphatic rings. The lowest BCUT2D eigenvalue weighted by atomic mass is 9.99. The van der Waals surface area contributed by atoms with Gasteiger partial charge in [-0.15, -0.1) is 0 Å². The maximum Gasteiger partial charge on any atom is 0.421 e. The minimum atomic E-state index is -6.32. The molecule has 0 heterocycles. The van der Waals surface area contributed by atoms with Gasteiger partial charge in [-0.05, 0) is 40.8 Å². The summed E-state index contributed by atoms with van der Waals surface area (Å²) in [5, 5.41) is 10.1. The summed E-state index contributed by atoms with van der Waals surface area (Å²) in [5.74, 6) is -5.84. The van der Waals surface area contributed by atoms with Crippen LogP contribution in [0.1, 0.15) is 10.4 Å². The molecule has 14 heteroatoms. The molecule has 3 N–H and O–H groups in total. The number of alkyl halides is 6. The van der Waals surface area contributed by atoms with Gasteiger partial charge in [-0.1, -0.05) is 0 Å². The molecule has 1 amide bonds. The summed E-state index contributed by atoms with van der Waals surface area (Å²) in [6.07, 6.45) is -12.6. The highest BCUT2D eigenvalue weighted by Crippen LogP contribution is 2.44. The van der Waals surface area contributed by atoms with E-state index in [2.05, 4.69) is 0 Å². The van der Waals surface area contributed by atoms with Gasteiger partial charge in [0.05, 0.1) is 5.56 Å². The molecule has 0 unspecified atom stereocenters. The molecular weight excluding hydrogens is 499 g/mol. The molecule has 25 heavy (non-hydrogen) atoms. The largest absolute Gasteiger partial charge is 0.507 e. The Morgan fingerprint density at radius 2 is 1.60 bits per heavy atom. The maximum atomic E-state index is 13.1. The monoisotopic (exact) mass is 507 g/mol. The number of rotatable bonds is 4. The summed E-state index contributed by atoms with van der Waals surface area (Å²) in [4.78, 5) is 11.8. The third kappa shape index (κ3) is 4.87. The Morgan fingerprint density at radius 3 is 1.96 bits per heavy atom. The Kier molecular flexibility index (Phi) is 5.91. The molecule has 0 spiro atoms. The molecular formula is C11H8F6INO5S. The van der Waals surface area contributed by atoms with Gasteiger partial charge < -0.3 is 10.4 Å². The van der Waals surface area contributed by atoms with Crippen molar-refractivity contribution in [3.8, 4) is 5.75 Å². The minimum absolute atomic E-state index is 0.322. The molecule has 0 aliphatic carbocycles. The van der Waals surface area contributed by atoms with Crippen LogP contribution >= 0.6 is 22.6 Å². The van der Waals surface area contributed by atoms with Crippen LogP contribution in [0, 0.1) is 3.57 Å². The second-order valence-electron chi connectivity index (χ2n) is 4.74. The number of carbonyl (C=O) groups excluding carboxylic acids is 1. The predicted octanol–water partition coefficient (Wildman–Crippen LogP) is 2.48. The summed E-state index contributed by atoms with van der Waals surface area (Å²) in [6.45, 7) is 0. The summed E-state index contributed by atoms with van der Waals surface area (Å²) in [7, 11) is -5.81. The van der Waals surface area contributed by atoms with Crippen LogP contribution in [0.25, 0.3) is 0 Å². The number of hydrogen-bond acceptors (Lipinski definition) is 4. The molecule has 0 radical (unpaired) electrons. The quantitative estimate of drug-likeness (QED) is 0.330. The van der Waals surface area contributed by atoms with Crippen LogP contribution in [0.15, 0.2) is 18.2 Å². The van der Waals surface area contributed by atoms with E-state index in [4.69, 9.17) is 4.55 Å². The van der Waals surface area contributed by atoms with E-state index in [1.807, 2.05) is 0 Å². The smallest absolute Gasteiger partial charge is 0.421 e. The summed E-state index contributed by atoms with van der Waals surface area (Å²) in [6, 6.07) is 2.75. The lowest BCUT2D eigenvalue weighted by molar-refractivity contribution is -0.296. The Bertz CT molecular complexity index is 762. The Morgan fingerprint density at radius 1 is 1.12 bits per heavy atom. The van der Waals surface area contributed by atoms with Gasteiger partial charge in [-0.25, -0.2) is 0 Å². The predicted molar refractivity (Wildman–Crippen MR) is 79.5 cm³/mol. The molecule has 0 bridgehead atoms. The molecule has 0 aromatic heterocycles. The summed E-state index contributed by atoms with van der Waals surface area (Å²) < 4.78 is 109. The first-order chi connectivity index (χ1) is 11.0. The second kappa shape index (κ2) is 6.79. The van der Waals surface area contributed by atoms with Crippen LogP contribution < -0.4 is 5.32 Å². The molecule has 1 aromatic carbocycles. The highest BCUT2D eigenvalue weighted by molar-refractivity contribution is 14.1. The van der Waals surface area contributed by atoms with Crippen LogP contribution in [-0.2, 0) is 10.1 Å². The van der Waals surface area contributed by atoms with Gasteiger partial charge in [-0.2, -0.15) is 34.8 Å². The number of phenolic OH excluding ortho intramolecular Hbond substituents is 1. The van der Waals surface area contributed by atoms with Gasteiger partial charge >= 0.3 is 12.4 Å². The fraction of sp³-hybridized carbons (Fsp3) is 0.364. The first kappa shape index (κ1) is 21.8. The van der Waals surface area contributed by atoms with E-state index in [1.54, 1.807) is 22.6 Å². The van der Waals surface area contributed by atoms with Crippen molar-refractivity contribution in [2.24, 2.45) is 0 Å². The van der Waals surface area contributed by atoms with Gasteiger partial charge in [0.25, 0.3) is 16.0 Å². The molecule has 6 nitrogen and oxygen atoms in total. The summed E-state index contributed by atoms with van der Waals surface area (Å²) >= 11 is 1.65. The first-order valence-electron chi connectivity index (χ1n) is 5.90. The van der Waals surface area contributed by atoms with Crippen LogP contribution in [0.5, 0.6) is 5.75 Å². The Hall–Kier alpha value is -1.29. The Labute approximate surface area is 150 Å². The van der Waals surface area contributed by atoms with E-state index < -0.39 is 51.0 Å². The molecule has 0 fully saturated rings. The average molecular weight is 507 g/mol. The summed E-state index contributed by atoms with van der Waals surface area (Å²) in [5.41, 5.74) is -6.23. The Balaban J connectivity index is 3.50. The van der Waals surface area contributed by atoms with Crippen molar-refractivity contribution in [1.82, 2.24) is 5.32 Å². The molecule has 0 atom stereocenters. The normalized spacial score (nSPS) is 13.6. The van der Waals surface area contributed by atoms with E-state index in [9.17, 15) is 44.7 Å². The SMILES string of the molecule is O=C(NC(CS(=O)(=O)O)(C(F)(F)F)C(F)(F)F)c1ccc(I)cc1O. The number of nitrogens with one attached hydrogen (secondary N) is 1. The molecule has 0 saturated heterocycles. The van der Waals surface area contributed by atoms with Crippen molar-refractivity contribution >= 4 is 38.6 Å². The van der Waals surface area contributed by atoms with E-state index in [1.165, 1.54) is 0 Å². The van der Waals surface area contributed by atoms with Crippen LogP contribution in [0.3, 0.4) is 0 Å². The van der Waals surface area contributed by atoms with E-state index >= 15 is 0 Å². The number of halogens is 7. The zero-order chi connectivity index (χ0) is 19.8. The highest BCUT2D eigenvalue weighted by atomic mass is 127. The van der Waals surface area contributed by atoms with Crippen LogP contribution in [0.4, 0.5) is 26.3 Å². The van der Waals surface area contributed by atoms with Crippen molar-refractivity contribution in [2.45, 2.75) is 17.9 Å². The topological polar surface area (TPSA) is 104 Å². The van der Waals surface area contributed by atoms with Crippen molar-refractivity contribution in [1.29, 1.82) is 0 Å². The lowest BCUT2D eigenvalue weighted by Crippen LogP contribution is -2.70. The van der Waals surface area contributed by atoms with Gasteiger partial charge in [0, 0.05) is 3.57 Å². The van der Waals surface area contributed by atoms with Crippen molar-refractivity contribution in [2.75, 3.05) is 5.75 Å². The van der Waals surface area contributed by atoms with Gasteiger partial charge in [0.15, 0.2) is 0 Å². The number of benzene rings is 1. The van der Waals surface area contributed by atoms with Gasteiger partial charge in [0.2, 0.25) is 5.54 Å². The maximum absolute atomic E-state index is 13.1. The van der Waals surface area contributed by atoms with Crippen molar-refractivity contribution < 1.29 is 49.2 Å². The molecule has 142 valence electrons. The third-order valence-electron chi connectivity index (χ3n) is 2.90. The van der Waals surface area contributed by atoms with Crippen LogP contribution in [0.2, 0.25) is 0 Å². The highest BCUT2D eigenvalue weighted by Gasteiger charge is 2.73. The van der Waals surface area contributed by atoms with Crippen molar-refractivity contribution in [3.05, 3.63) is 27.3 Å². The number of hydrogen-bond donors (Lipinski definition) is 3. The van der Waals surface area contributed by atoms with E-state index in [-0.39, 0.29) is 0 Å². The van der Waals surface area contributed by atoms with Crippen LogP contribution in [-0.4, -0.2) is 47.6 Å². The fourth-order valence-corrected chi connectivity index (χ4v) is 3.16. The van der Waals surface area contributed by atoms with E-state index in [0.717, 1.165) is 18.2 Å². The lowest BCUT2D eigenvalue weighted by Gasteiger charge is -2.36.